The molecule has 1 unspecified atom stereocenters. The number of aliphatic carboxylic acids is 1. The van der Waals surface area contributed by atoms with E-state index in [-0.39, 0.29) is 17.6 Å². The first-order valence-electron chi connectivity index (χ1n) is 11.4. The normalized spacial score (nSPS) is 13.8. The lowest BCUT2D eigenvalue weighted by Crippen LogP contribution is -2.43. The number of hydrogen-bond acceptors (Lipinski definition) is 6. The topological polar surface area (TPSA) is 99.1 Å². The quantitative estimate of drug-likeness (QED) is 0.427. The van der Waals surface area contributed by atoms with Crippen LogP contribution in [0.1, 0.15) is 57.7 Å². The number of rotatable bonds is 12. The summed E-state index contributed by atoms with van der Waals surface area (Å²) in [5.74, 6) is 0.0684. The van der Waals surface area contributed by atoms with Crippen molar-refractivity contribution in [1.29, 1.82) is 0 Å². The summed E-state index contributed by atoms with van der Waals surface area (Å²) in [6.45, 7) is 10.7. The van der Waals surface area contributed by atoms with Crippen molar-refractivity contribution in [3.8, 4) is 11.5 Å². The first kappa shape index (κ1) is 27.7. The Morgan fingerprint density at radius 3 is 2.12 bits per heavy atom. The highest BCUT2D eigenvalue weighted by molar-refractivity contribution is 7.86. The molecule has 1 atom stereocenters. The minimum atomic E-state index is -3.55. The molecule has 0 heterocycles. The van der Waals surface area contributed by atoms with Crippen molar-refractivity contribution in [2.75, 3.05) is 19.5 Å². The highest BCUT2D eigenvalue weighted by Crippen LogP contribution is 2.34. The Morgan fingerprint density at radius 2 is 1.62 bits per heavy atom. The van der Waals surface area contributed by atoms with Crippen LogP contribution >= 0.6 is 0 Å². The molecule has 0 spiro atoms. The van der Waals surface area contributed by atoms with Crippen molar-refractivity contribution >= 4 is 16.1 Å². The fourth-order valence-electron chi connectivity index (χ4n) is 3.74. The van der Waals surface area contributed by atoms with E-state index in [0.717, 1.165) is 28.7 Å². The zero-order valence-electron chi connectivity index (χ0n) is 20.9. The van der Waals surface area contributed by atoms with Gasteiger partial charge >= 0.3 is 16.1 Å². The standard InChI is InChI=1S/C26H36O7S/c1-7-26(24(27)28,32-8-2)18-20-11-14-23(22(17-20)25(3,4)5)31-16-15-19-9-12-21(13-10-19)33-34(6,29)30/h9-14,17H,7-8,15-16,18H2,1-6H3,(H,27,28). The van der Waals surface area contributed by atoms with Gasteiger partial charge in [-0.2, -0.15) is 8.42 Å². The van der Waals surface area contributed by atoms with Gasteiger partial charge in [-0.3, -0.25) is 0 Å². The number of hydrogen-bond donors (Lipinski definition) is 1. The SMILES string of the molecule is CCOC(CC)(Cc1ccc(OCCc2ccc(OS(C)(=O)=O)cc2)c(C(C)(C)C)c1)C(=O)O. The van der Waals surface area contributed by atoms with Crippen LogP contribution in [0.25, 0.3) is 0 Å². The summed E-state index contributed by atoms with van der Waals surface area (Å²) in [4.78, 5) is 12.0. The fourth-order valence-corrected chi connectivity index (χ4v) is 4.20. The molecule has 0 radical (unpaired) electrons. The molecule has 34 heavy (non-hydrogen) atoms. The molecule has 0 fully saturated rings. The van der Waals surface area contributed by atoms with Crippen LogP contribution in [0.5, 0.6) is 11.5 Å². The molecule has 0 amide bonds. The van der Waals surface area contributed by atoms with E-state index in [0.29, 0.717) is 26.1 Å². The number of carboxylic acid groups (broad SMARTS) is 1. The van der Waals surface area contributed by atoms with E-state index in [2.05, 4.69) is 20.8 Å². The van der Waals surface area contributed by atoms with Crippen LogP contribution in [0.3, 0.4) is 0 Å². The van der Waals surface area contributed by atoms with E-state index in [1.807, 2.05) is 37.3 Å². The van der Waals surface area contributed by atoms with Crippen LogP contribution in [-0.2, 0) is 37.9 Å². The Morgan fingerprint density at radius 1 is 1.00 bits per heavy atom. The monoisotopic (exact) mass is 492 g/mol. The van der Waals surface area contributed by atoms with Crippen molar-refractivity contribution in [2.24, 2.45) is 0 Å². The molecule has 0 saturated heterocycles. The molecule has 1 N–H and O–H groups in total. The van der Waals surface area contributed by atoms with Gasteiger partial charge in [-0.1, -0.05) is 52.0 Å². The molecule has 7 nitrogen and oxygen atoms in total. The highest BCUT2D eigenvalue weighted by atomic mass is 32.2. The van der Waals surface area contributed by atoms with Gasteiger partial charge in [0, 0.05) is 19.4 Å². The molecule has 0 aliphatic rings. The molecule has 2 aromatic rings. The molecule has 188 valence electrons. The lowest BCUT2D eigenvalue weighted by atomic mass is 9.83. The molecule has 2 aromatic carbocycles. The molecule has 8 heteroatoms. The Bertz CT molecular complexity index is 1070. The molecule has 2 rings (SSSR count). The van der Waals surface area contributed by atoms with Crippen LogP contribution in [0.4, 0.5) is 0 Å². The maximum absolute atomic E-state index is 12.0. The van der Waals surface area contributed by atoms with E-state index in [4.69, 9.17) is 13.7 Å². The van der Waals surface area contributed by atoms with Gasteiger partial charge in [0.25, 0.3) is 0 Å². The predicted octanol–water partition coefficient (Wildman–Crippen LogP) is 4.76. The summed E-state index contributed by atoms with van der Waals surface area (Å²) in [6, 6.07) is 12.7. The number of benzene rings is 2. The summed E-state index contributed by atoms with van der Waals surface area (Å²) in [6.07, 6.45) is 2.28. The molecule has 0 bridgehead atoms. The van der Waals surface area contributed by atoms with Crippen molar-refractivity contribution in [3.05, 3.63) is 59.2 Å². The third-order valence-corrected chi connectivity index (χ3v) is 6.04. The second-order valence-electron chi connectivity index (χ2n) is 9.37. The number of carboxylic acids is 1. The molecular weight excluding hydrogens is 456 g/mol. The summed E-state index contributed by atoms with van der Waals surface area (Å²) < 4.78 is 39.1. The van der Waals surface area contributed by atoms with E-state index >= 15 is 0 Å². The van der Waals surface area contributed by atoms with Crippen LogP contribution < -0.4 is 8.92 Å². The summed E-state index contributed by atoms with van der Waals surface area (Å²) in [5, 5.41) is 9.81. The third-order valence-electron chi connectivity index (χ3n) is 5.54. The maximum Gasteiger partial charge on any atom is 0.336 e. The van der Waals surface area contributed by atoms with Crippen molar-refractivity contribution in [1.82, 2.24) is 0 Å². The largest absolute Gasteiger partial charge is 0.493 e. The van der Waals surface area contributed by atoms with E-state index in [1.165, 1.54) is 0 Å². The van der Waals surface area contributed by atoms with Gasteiger partial charge in [0.15, 0.2) is 5.60 Å². The molecule has 0 saturated carbocycles. The number of carbonyl (C=O) groups is 1. The minimum Gasteiger partial charge on any atom is -0.493 e. The minimum absolute atomic E-state index is 0.209. The zero-order chi connectivity index (χ0) is 25.6. The van der Waals surface area contributed by atoms with Gasteiger partial charge in [-0.15, -0.1) is 0 Å². The second-order valence-corrected chi connectivity index (χ2v) is 10.9. The summed E-state index contributed by atoms with van der Waals surface area (Å²) >= 11 is 0. The van der Waals surface area contributed by atoms with Crippen molar-refractivity contribution < 1.29 is 32.0 Å². The van der Waals surface area contributed by atoms with Gasteiger partial charge in [0.05, 0.1) is 12.9 Å². The Balaban J connectivity index is 2.16. The van der Waals surface area contributed by atoms with Crippen LogP contribution in [0, 0.1) is 0 Å². The zero-order valence-corrected chi connectivity index (χ0v) is 21.7. The predicted molar refractivity (Wildman–Crippen MR) is 132 cm³/mol. The van der Waals surface area contributed by atoms with Crippen LogP contribution in [-0.4, -0.2) is 44.6 Å². The average Bonchev–Trinajstić information content (AvgIpc) is 2.73. The summed E-state index contributed by atoms with van der Waals surface area (Å²) in [7, 11) is -3.55. The van der Waals surface area contributed by atoms with Crippen molar-refractivity contribution in [3.63, 3.8) is 0 Å². The van der Waals surface area contributed by atoms with Crippen LogP contribution in [0.15, 0.2) is 42.5 Å². The number of ether oxygens (including phenoxy) is 2. The van der Waals surface area contributed by atoms with E-state index in [1.54, 1.807) is 19.1 Å². The Kier molecular flexibility index (Phi) is 9.14. The van der Waals surface area contributed by atoms with Gasteiger partial charge < -0.3 is 18.8 Å². The smallest absolute Gasteiger partial charge is 0.336 e. The maximum atomic E-state index is 12.0. The first-order valence-corrected chi connectivity index (χ1v) is 13.2. The third kappa shape index (κ3) is 7.74. The van der Waals surface area contributed by atoms with Crippen molar-refractivity contribution in [2.45, 2.75) is 64.9 Å². The van der Waals surface area contributed by atoms with E-state index < -0.39 is 21.7 Å². The lowest BCUT2D eigenvalue weighted by Gasteiger charge is -2.29. The van der Waals surface area contributed by atoms with Gasteiger partial charge in [0.1, 0.15) is 11.5 Å². The molecular formula is C26H36O7S. The summed E-state index contributed by atoms with van der Waals surface area (Å²) in [5.41, 5.74) is 1.41. The lowest BCUT2D eigenvalue weighted by molar-refractivity contribution is -0.166. The molecule has 0 aliphatic heterocycles. The first-order chi connectivity index (χ1) is 15.8. The Labute approximate surface area is 203 Å². The van der Waals surface area contributed by atoms with Crippen LogP contribution in [0.2, 0.25) is 0 Å². The van der Waals surface area contributed by atoms with Gasteiger partial charge in [-0.25, -0.2) is 4.79 Å². The average molecular weight is 493 g/mol. The second kappa shape index (κ2) is 11.2. The molecule has 0 aliphatic carbocycles. The van der Waals surface area contributed by atoms with Gasteiger partial charge in [0.2, 0.25) is 0 Å². The molecule has 0 aromatic heterocycles. The van der Waals surface area contributed by atoms with E-state index in [9.17, 15) is 18.3 Å². The Hall–Kier alpha value is -2.58. The fraction of sp³-hybridized carbons (Fsp3) is 0.500. The van der Waals surface area contributed by atoms with Gasteiger partial charge in [-0.05, 0) is 53.6 Å². The highest BCUT2D eigenvalue weighted by Gasteiger charge is 2.38.